The molecule has 3 heteroatoms. The van der Waals surface area contributed by atoms with E-state index in [2.05, 4.69) is 24.1 Å². The monoisotopic (exact) mass is 231 g/mol. The number of nitrogens with zero attached hydrogens (tertiary/aromatic N) is 1. The topological polar surface area (TPSA) is 40.5 Å². The summed E-state index contributed by atoms with van der Waals surface area (Å²) in [4.78, 5) is 13.6. The third kappa shape index (κ3) is 1.65. The number of hydrogen-bond donors (Lipinski definition) is 1. The predicted octanol–water partition coefficient (Wildman–Crippen LogP) is 1.79. The van der Waals surface area contributed by atoms with E-state index < -0.39 is 11.4 Å². The second-order valence-corrected chi connectivity index (χ2v) is 5.36. The molecular weight excluding hydrogens is 214 g/mol. The Kier molecular flexibility index (Phi) is 2.26. The van der Waals surface area contributed by atoms with Gasteiger partial charge in [0.25, 0.3) is 0 Å². The van der Waals surface area contributed by atoms with Crippen molar-refractivity contribution in [2.45, 2.75) is 31.2 Å². The lowest BCUT2D eigenvalue weighted by Gasteiger charge is -2.26. The lowest BCUT2D eigenvalue weighted by Crippen LogP contribution is -2.27. The minimum atomic E-state index is -0.662. The number of aliphatic carboxylic acids is 1. The van der Waals surface area contributed by atoms with Gasteiger partial charge in [0.2, 0.25) is 0 Å². The zero-order valence-corrected chi connectivity index (χ0v) is 10.1. The maximum Gasteiger partial charge on any atom is 0.314 e. The molecule has 2 aliphatic rings. The molecule has 0 unspecified atom stereocenters. The summed E-state index contributed by atoms with van der Waals surface area (Å²) in [7, 11) is 2.12. The van der Waals surface area contributed by atoms with Crippen molar-refractivity contribution in [1.82, 2.24) is 4.90 Å². The SMILES string of the molecule is CN1CCc2cc(C3(C(=O)O)CC3)ccc2C1. The molecule has 0 amide bonds. The summed E-state index contributed by atoms with van der Waals surface area (Å²) in [6.45, 7) is 2.05. The van der Waals surface area contributed by atoms with Gasteiger partial charge in [-0.3, -0.25) is 4.79 Å². The summed E-state index contributed by atoms with van der Waals surface area (Å²) in [5, 5.41) is 9.30. The number of hydrogen-bond acceptors (Lipinski definition) is 2. The van der Waals surface area contributed by atoms with Crippen molar-refractivity contribution in [1.29, 1.82) is 0 Å². The molecule has 0 aromatic heterocycles. The van der Waals surface area contributed by atoms with Crippen molar-refractivity contribution < 1.29 is 9.90 Å². The van der Waals surface area contributed by atoms with Crippen molar-refractivity contribution in [2.75, 3.05) is 13.6 Å². The van der Waals surface area contributed by atoms with Crippen molar-refractivity contribution in [3.63, 3.8) is 0 Å². The van der Waals surface area contributed by atoms with Crippen LogP contribution in [0.5, 0.6) is 0 Å². The minimum absolute atomic E-state index is 0.557. The number of carbonyl (C=O) groups is 1. The minimum Gasteiger partial charge on any atom is -0.481 e. The molecule has 3 nitrogen and oxygen atoms in total. The summed E-state index contributed by atoms with van der Waals surface area (Å²) in [5.74, 6) is -0.662. The summed E-state index contributed by atoms with van der Waals surface area (Å²) >= 11 is 0. The van der Waals surface area contributed by atoms with Crippen LogP contribution in [0.3, 0.4) is 0 Å². The van der Waals surface area contributed by atoms with Gasteiger partial charge < -0.3 is 10.0 Å². The second kappa shape index (κ2) is 3.57. The highest BCUT2D eigenvalue weighted by Crippen LogP contribution is 2.48. The van der Waals surface area contributed by atoms with Crippen molar-refractivity contribution >= 4 is 5.97 Å². The van der Waals surface area contributed by atoms with Gasteiger partial charge in [-0.1, -0.05) is 18.2 Å². The Morgan fingerprint density at radius 1 is 1.35 bits per heavy atom. The first-order valence-electron chi connectivity index (χ1n) is 6.16. The van der Waals surface area contributed by atoms with Crippen LogP contribution in [0.2, 0.25) is 0 Å². The molecule has 3 rings (SSSR count). The van der Waals surface area contributed by atoms with E-state index in [1.165, 1.54) is 11.1 Å². The van der Waals surface area contributed by atoms with E-state index >= 15 is 0 Å². The molecule has 1 aromatic rings. The first-order valence-corrected chi connectivity index (χ1v) is 6.16. The highest BCUT2D eigenvalue weighted by atomic mass is 16.4. The molecule has 1 saturated carbocycles. The highest BCUT2D eigenvalue weighted by Gasteiger charge is 2.51. The smallest absolute Gasteiger partial charge is 0.314 e. The standard InChI is InChI=1S/C14H17NO2/c1-15-7-4-10-8-12(3-2-11(10)9-15)14(5-6-14)13(16)17/h2-3,8H,4-7,9H2,1H3,(H,16,17). The molecule has 0 atom stereocenters. The van der Waals surface area contributed by atoms with Crippen LogP contribution in [0.4, 0.5) is 0 Å². The Balaban J connectivity index is 1.97. The molecule has 1 heterocycles. The summed E-state index contributed by atoms with van der Waals surface area (Å²) < 4.78 is 0. The van der Waals surface area contributed by atoms with Crippen molar-refractivity contribution in [2.24, 2.45) is 0 Å². The van der Waals surface area contributed by atoms with Gasteiger partial charge in [-0.25, -0.2) is 0 Å². The Bertz CT molecular complexity index is 477. The molecule has 0 spiro atoms. The number of carboxylic acid groups (broad SMARTS) is 1. The van der Waals surface area contributed by atoms with E-state index in [1.54, 1.807) is 0 Å². The van der Waals surface area contributed by atoms with Crippen LogP contribution in [0, 0.1) is 0 Å². The van der Waals surface area contributed by atoms with Crippen LogP contribution in [0.15, 0.2) is 18.2 Å². The predicted molar refractivity (Wildman–Crippen MR) is 65.0 cm³/mol. The molecule has 0 radical (unpaired) electrons. The van der Waals surface area contributed by atoms with Crippen LogP contribution in [-0.4, -0.2) is 29.6 Å². The lowest BCUT2D eigenvalue weighted by atomic mass is 9.90. The van der Waals surface area contributed by atoms with E-state index in [9.17, 15) is 9.90 Å². The van der Waals surface area contributed by atoms with Crippen molar-refractivity contribution in [3.8, 4) is 0 Å². The van der Waals surface area contributed by atoms with Gasteiger partial charge in [0.05, 0.1) is 5.41 Å². The van der Waals surface area contributed by atoms with Crippen LogP contribution in [0.1, 0.15) is 29.5 Å². The molecular formula is C14H17NO2. The van der Waals surface area contributed by atoms with Crippen molar-refractivity contribution in [3.05, 3.63) is 34.9 Å². The summed E-state index contributed by atoms with van der Waals surface area (Å²) in [5.41, 5.74) is 3.14. The Morgan fingerprint density at radius 3 is 2.76 bits per heavy atom. The first kappa shape index (κ1) is 10.8. The molecule has 0 saturated heterocycles. The average Bonchev–Trinajstić information content (AvgIpc) is 3.09. The highest BCUT2D eigenvalue weighted by molar-refractivity contribution is 5.85. The number of rotatable bonds is 2. The first-order chi connectivity index (χ1) is 8.12. The molecule has 90 valence electrons. The molecule has 1 aliphatic carbocycles. The molecule has 1 N–H and O–H groups in total. The second-order valence-electron chi connectivity index (χ2n) is 5.36. The van der Waals surface area contributed by atoms with Crippen LogP contribution in [-0.2, 0) is 23.2 Å². The van der Waals surface area contributed by atoms with Crippen LogP contribution < -0.4 is 0 Å². The average molecular weight is 231 g/mol. The fraction of sp³-hybridized carbons (Fsp3) is 0.500. The number of likely N-dealkylation sites (N-methyl/N-ethyl adjacent to an activating group) is 1. The molecule has 1 aliphatic heterocycles. The molecule has 1 aromatic carbocycles. The van der Waals surface area contributed by atoms with Gasteiger partial charge in [0.15, 0.2) is 0 Å². The molecule has 0 bridgehead atoms. The largest absolute Gasteiger partial charge is 0.481 e. The third-order valence-corrected chi connectivity index (χ3v) is 4.12. The van der Waals surface area contributed by atoms with Crippen LogP contribution >= 0.6 is 0 Å². The van der Waals surface area contributed by atoms with E-state index in [-0.39, 0.29) is 0 Å². The number of fused-ring (bicyclic) bond motifs is 1. The van der Waals surface area contributed by atoms with Crippen LogP contribution in [0.25, 0.3) is 0 Å². The van der Waals surface area contributed by atoms with Gasteiger partial charge in [0.1, 0.15) is 0 Å². The summed E-state index contributed by atoms with van der Waals surface area (Å²) in [6, 6.07) is 6.26. The number of benzene rings is 1. The maximum absolute atomic E-state index is 11.3. The Labute approximate surface area is 101 Å². The Morgan fingerprint density at radius 2 is 2.12 bits per heavy atom. The Hall–Kier alpha value is -1.35. The molecule has 17 heavy (non-hydrogen) atoms. The lowest BCUT2D eigenvalue weighted by molar-refractivity contribution is -0.140. The van der Waals surface area contributed by atoms with E-state index in [4.69, 9.17) is 0 Å². The number of carboxylic acids is 1. The van der Waals surface area contributed by atoms with E-state index in [1.807, 2.05) is 6.07 Å². The van der Waals surface area contributed by atoms with Gasteiger partial charge in [-0.2, -0.15) is 0 Å². The zero-order valence-electron chi connectivity index (χ0n) is 10.1. The van der Waals surface area contributed by atoms with Gasteiger partial charge in [-0.05, 0) is 43.0 Å². The zero-order chi connectivity index (χ0) is 12.0. The van der Waals surface area contributed by atoms with Gasteiger partial charge in [-0.15, -0.1) is 0 Å². The van der Waals surface area contributed by atoms with Gasteiger partial charge in [0, 0.05) is 13.1 Å². The maximum atomic E-state index is 11.3. The molecule has 1 fully saturated rings. The summed E-state index contributed by atoms with van der Waals surface area (Å²) in [6.07, 6.45) is 2.62. The van der Waals surface area contributed by atoms with E-state index in [0.29, 0.717) is 0 Å². The van der Waals surface area contributed by atoms with Gasteiger partial charge >= 0.3 is 5.97 Å². The fourth-order valence-corrected chi connectivity index (χ4v) is 2.74. The third-order valence-electron chi connectivity index (χ3n) is 4.12. The quantitative estimate of drug-likeness (QED) is 0.843. The normalized spacial score (nSPS) is 21.9. The van der Waals surface area contributed by atoms with E-state index in [0.717, 1.165) is 37.9 Å². The fourth-order valence-electron chi connectivity index (χ4n) is 2.74.